The van der Waals surface area contributed by atoms with E-state index in [2.05, 4.69) is 10.3 Å². The van der Waals surface area contributed by atoms with E-state index in [1.54, 1.807) is 54.9 Å². The van der Waals surface area contributed by atoms with Crippen molar-refractivity contribution in [2.24, 2.45) is 0 Å². The number of aromatic nitrogens is 1. The molecule has 0 saturated heterocycles. The minimum Gasteiger partial charge on any atom is -0.322 e. The highest BCUT2D eigenvalue weighted by atomic mass is 16.1. The van der Waals surface area contributed by atoms with E-state index in [1.165, 1.54) is 13.0 Å². The molecule has 0 aliphatic heterocycles. The molecule has 0 atom stereocenters. The van der Waals surface area contributed by atoms with Crippen molar-refractivity contribution in [3.8, 4) is 0 Å². The van der Waals surface area contributed by atoms with Crippen molar-refractivity contribution in [2.45, 2.75) is 6.92 Å². The van der Waals surface area contributed by atoms with Crippen LogP contribution in [0, 0.1) is 0 Å². The molecule has 1 aromatic carbocycles. The Kier molecular flexibility index (Phi) is 4.39. The van der Waals surface area contributed by atoms with Crippen LogP contribution in [0.2, 0.25) is 0 Å². The van der Waals surface area contributed by atoms with Crippen LogP contribution in [0.3, 0.4) is 0 Å². The molecular weight excluding hydrogens is 252 g/mol. The highest BCUT2D eigenvalue weighted by Crippen LogP contribution is 2.11. The molecule has 2 aromatic rings. The summed E-state index contributed by atoms with van der Waals surface area (Å²) in [5.74, 6) is -0.282. The number of Topliss-reactive ketones (excluding diaryl/α,β-unsaturated/α-hetero) is 1. The number of amides is 1. The lowest BCUT2D eigenvalue weighted by Gasteiger charge is -2.03. The van der Waals surface area contributed by atoms with Crippen LogP contribution in [0.15, 0.2) is 54.9 Å². The molecular formula is C16H14N2O2. The molecule has 0 spiro atoms. The van der Waals surface area contributed by atoms with Crippen molar-refractivity contribution in [3.63, 3.8) is 0 Å². The van der Waals surface area contributed by atoms with E-state index in [-0.39, 0.29) is 11.7 Å². The van der Waals surface area contributed by atoms with E-state index in [0.717, 1.165) is 5.56 Å². The summed E-state index contributed by atoms with van der Waals surface area (Å²) in [4.78, 5) is 26.9. The lowest BCUT2D eigenvalue weighted by molar-refractivity contribution is -0.111. The van der Waals surface area contributed by atoms with E-state index in [1.807, 2.05) is 0 Å². The monoisotopic (exact) mass is 266 g/mol. The van der Waals surface area contributed by atoms with Gasteiger partial charge in [-0.15, -0.1) is 0 Å². The van der Waals surface area contributed by atoms with Crippen LogP contribution in [-0.4, -0.2) is 16.7 Å². The molecule has 1 N–H and O–H groups in total. The summed E-state index contributed by atoms with van der Waals surface area (Å²) in [5.41, 5.74) is 2.07. The van der Waals surface area contributed by atoms with Gasteiger partial charge in [0.1, 0.15) is 0 Å². The summed E-state index contributed by atoms with van der Waals surface area (Å²) in [7, 11) is 0. The lowest BCUT2D eigenvalue weighted by Crippen LogP contribution is -2.08. The molecule has 0 aliphatic carbocycles. The number of hydrogen-bond donors (Lipinski definition) is 1. The van der Waals surface area contributed by atoms with E-state index in [9.17, 15) is 9.59 Å². The summed E-state index contributed by atoms with van der Waals surface area (Å²) in [6.07, 6.45) is 6.46. The maximum absolute atomic E-state index is 11.8. The second kappa shape index (κ2) is 6.43. The quantitative estimate of drug-likeness (QED) is 0.683. The van der Waals surface area contributed by atoms with Gasteiger partial charge in [-0.2, -0.15) is 0 Å². The first kappa shape index (κ1) is 13.7. The third kappa shape index (κ3) is 3.88. The van der Waals surface area contributed by atoms with Gasteiger partial charge >= 0.3 is 0 Å². The van der Waals surface area contributed by atoms with Crippen LogP contribution in [0.4, 0.5) is 5.69 Å². The molecule has 1 aromatic heterocycles. The van der Waals surface area contributed by atoms with E-state index < -0.39 is 0 Å². The second-order valence-corrected chi connectivity index (χ2v) is 4.24. The molecule has 0 bridgehead atoms. The molecule has 2 rings (SSSR count). The predicted molar refractivity (Wildman–Crippen MR) is 78.3 cm³/mol. The largest absolute Gasteiger partial charge is 0.322 e. The Morgan fingerprint density at radius 3 is 2.60 bits per heavy atom. The number of nitrogens with zero attached hydrogens (tertiary/aromatic N) is 1. The third-order valence-electron chi connectivity index (χ3n) is 2.67. The minimum absolute atomic E-state index is 0.0339. The number of hydrogen-bond acceptors (Lipinski definition) is 3. The van der Waals surface area contributed by atoms with Crippen LogP contribution in [0.1, 0.15) is 22.8 Å². The number of rotatable bonds is 4. The summed E-state index contributed by atoms with van der Waals surface area (Å²) in [6, 6.07) is 10.5. The van der Waals surface area contributed by atoms with Crippen molar-refractivity contribution in [3.05, 3.63) is 66.0 Å². The Bertz CT molecular complexity index is 649. The Labute approximate surface area is 117 Å². The van der Waals surface area contributed by atoms with Gasteiger partial charge in [0, 0.05) is 29.7 Å². The van der Waals surface area contributed by atoms with Gasteiger partial charge in [-0.3, -0.25) is 14.6 Å². The predicted octanol–water partition coefficient (Wildman–Crippen LogP) is 2.94. The van der Waals surface area contributed by atoms with Crippen LogP contribution in [0.25, 0.3) is 6.08 Å². The maximum atomic E-state index is 11.8. The molecule has 20 heavy (non-hydrogen) atoms. The molecule has 1 amide bonds. The first-order chi connectivity index (χ1) is 9.65. The van der Waals surface area contributed by atoms with Gasteiger partial charge in [0.2, 0.25) is 5.91 Å². The fourth-order valence-electron chi connectivity index (χ4n) is 1.65. The molecule has 0 unspecified atom stereocenters. The van der Waals surface area contributed by atoms with Crippen LogP contribution in [0.5, 0.6) is 0 Å². The van der Waals surface area contributed by atoms with Gasteiger partial charge in [-0.25, -0.2) is 0 Å². The maximum Gasteiger partial charge on any atom is 0.248 e. The summed E-state index contributed by atoms with van der Waals surface area (Å²) in [6.45, 7) is 1.49. The fraction of sp³-hybridized carbons (Fsp3) is 0.0625. The molecule has 4 heteroatoms. The molecule has 0 saturated carbocycles. The Morgan fingerprint density at radius 1 is 1.15 bits per heavy atom. The molecule has 1 heterocycles. The van der Waals surface area contributed by atoms with Gasteiger partial charge in [-0.1, -0.05) is 12.1 Å². The Hall–Kier alpha value is -2.75. The van der Waals surface area contributed by atoms with Gasteiger partial charge in [-0.05, 0) is 42.8 Å². The number of carbonyl (C=O) groups is 2. The molecule has 0 radical (unpaired) electrons. The van der Waals surface area contributed by atoms with Crippen molar-refractivity contribution < 1.29 is 9.59 Å². The normalized spacial score (nSPS) is 10.4. The summed E-state index contributed by atoms with van der Waals surface area (Å²) in [5, 5.41) is 2.71. The average molecular weight is 266 g/mol. The first-order valence-corrected chi connectivity index (χ1v) is 6.15. The standard InChI is InChI=1S/C16H14N2O2/c1-12(19)14-3-2-4-15(11-14)18-16(20)6-5-13-7-9-17-10-8-13/h2-11H,1H3,(H,18,20)/b6-5+. The van der Waals surface area contributed by atoms with Crippen LogP contribution < -0.4 is 5.32 Å². The molecule has 0 aliphatic rings. The second-order valence-electron chi connectivity index (χ2n) is 4.24. The van der Waals surface area contributed by atoms with Crippen molar-refractivity contribution in [2.75, 3.05) is 5.32 Å². The zero-order chi connectivity index (χ0) is 14.4. The van der Waals surface area contributed by atoms with E-state index >= 15 is 0 Å². The molecule has 4 nitrogen and oxygen atoms in total. The van der Waals surface area contributed by atoms with E-state index in [0.29, 0.717) is 11.3 Å². The SMILES string of the molecule is CC(=O)c1cccc(NC(=O)/C=C/c2ccncc2)c1. The topological polar surface area (TPSA) is 59.1 Å². The third-order valence-corrected chi connectivity index (χ3v) is 2.67. The molecule has 0 fully saturated rings. The summed E-state index contributed by atoms with van der Waals surface area (Å²) >= 11 is 0. The van der Waals surface area contributed by atoms with Crippen molar-refractivity contribution in [1.29, 1.82) is 0 Å². The van der Waals surface area contributed by atoms with Gasteiger partial charge in [0.05, 0.1) is 0 Å². The Morgan fingerprint density at radius 2 is 1.90 bits per heavy atom. The number of nitrogens with one attached hydrogen (secondary N) is 1. The molecule has 100 valence electrons. The highest BCUT2D eigenvalue weighted by molar-refractivity contribution is 6.03. The zero-order valence-electron chi connectivity index (χ0n) is 11.0. The Balaban J connectivity index is 2.03. The van der Waals surface area contributed by atoms with Crippen molar-refractivity contribution in [1.82, 2.24) is 4.98 Å². The van der Waals surface area contributed by atoms with Gasteiger partial charge in [0.15, 0.2) is 5.78 Å². The van der Waals surface area contributed by atoms with Gasteiger partial charge in [0.25, 0.3) is 0 Å². The van der Waals surface area contributed by atoms with E-state index in [4.69, 9.17) is 0 Å². The first-order valence-electron chi connectivity index (χ1n) is 6.15. The van der Waals surface area contributed by atoms with Gasteiger partial charge < -0.3 is 5.32 Å². The highest BCUT2D eigenvalue weighted by Gasteiger charge is 2.02. The number of carbonyl (C=O) groups excluding carboxylic acids is 2. The lowest BCUT2D eigenvalue weighted by atomic mass is 10.1. The average Bonchev–Trinajstić information content (AvgIpc) is 2.46. The number of ketones is 1. The minimum atomic E-state index is -0.248. The number of anilines is 1. The smallest absolute Gasteiger partial charge is 0.248 e. The van der Waals surface area contributed by atoms with Crippen molar-refractivity contribution >= 4 is 23.5 Å². The van der Waals surface area contributed by atoms with Crippen LogP contribution >= 0.6 is 0 Å². The number of benzene rings is 1. The fourth-order valence-corrected chi connectivity index (χ4v) is 1.65. The number of pyridine rings is 1. The van der Waals surface area contributed by atoms with Crippen LogP contribution in [-0.2, 0) is 4.79 Å². The zero-order valence-corrected chi connectivity index (χ0v) is 11.0. The summed E-state index contributed by atoms with van der Waals surface area (Å²) < 4.78 is 0.